The molecule has 0 bridgehead atoms. The van der Waals surface area contributed by atoms with Crippen LogP contribution in [0.4, 0.5) is 0 Å². The van der Waals surface area contributed by atoms with Gasteiger partial charge >= 0.3 is 0 Å². The van der Waals surface area contributed by atoms with Gasteiger partial charge in [0.25, 0.3) is 0 Å². The first kappa shape index (κ1) is 24.0. The van der Waals surface area contributed by atoms with Crippen LogP contribution in [0.15, 0.2) is 0 Å². The fourth-order valence-electron chi connectivity index (χ4n) is 4.05. The lowest BCUT2D eigenvalue weighted by Crippen LogP contribution is -2.51. The maximum Gasteiger partial charge on any atom is 0.0233 e. The molecule has 0 aromatic carbocycles. The predicted molar refractivity (Wildman–Crippen MR) is 120 cm³/mol. The molecule has 7 heteroatoms. The summed E-state index contributed by atoms with van der Waals surface area (Å²) >= 11 is 0. The van der Waals surface area contributed by atoms with Gasteiger partial charge in [-0.05, 0) is 123 Å². The summed E-state index contributed by atoms with van der Waals surface area (Å²) in [6.45, 7) is 13.4. The molecular formula is C21H47N7. The molecule has 2 saturated heterocycles. The van der Waals surface area contributed by atoms with Crippen LogP contribution in [0.25, 0.3) is 0 Å². The van der Waals surface area contributed by atoms with Crippen molar-refractivity contribution in [1.29, 1.82) is 0 Å². The minimum absolute atomic E-state index is 0.538. The standard InChI is InChI=1S/C21H47N7/c1-8-22-10-2-12-25-18-6-20(27-16-4-14-23-9-1)21-7-19-26-13-3-11-24-15-5-17-28-21/h20-28H,1-19H2. The summed E-state index contributed by atoms with van der Waals surface area (Å²) in [6.07, 6.45) is 8.47. The van der Waals surface area contributed by atoms with Gasteiger partial charge in [0.05, 0.1) is 0 Å². The van der Waals surface area contributed by atoms with E-state index in [0.717, 1.165) is 78.5 Å². The second-order valence-electron chi connectivity index (χ2n) is 8.22. The molecule has 0 spiro atoms. The molecule has 28 heavy (non-hydrogen) atoms. The van der Waals surface area contributed by atoms with Crippen LogP contribution in [0.3, 0.4) is 0 Å². The van der Waals surface area contributed by atoms with E-state index in [1.165, 1.54) is 44.9 Å². The van der Waals surface area contributed by atoms with E-state index in [4.69, 9.17) is 0 Å². The third kappa shape index (κ3) is 12.3. The molecule has 2 unspecified atom stereocenters. The molecule has 2 rings (SSSR count). The van der Waals surface area contributed by atoms with Gasteiger partial charge in [0.15, 0.2) is 0 Å². The van der Waals surface area contributed by atoms with Crippen molar-refractivity contribution >= 4 is 0 Å². The quantitative estimate of drug-likeness (QED) is 0.325. The normalized spacial score (nSPS) is 30.0. The highest BCUT2D eigenvalue weighted by Crippen LogP contribution is 2.05. The summed E-state index contributed by atoms with van der Waals surface area (Å²) in [5, 5.41) is 25.7. The van der Waals surface area contributed by atoms with Gasteiger partial charge in [-0.2, -0.15) is 0 Å². The van der Waals surface area contributed by atoms with Crippen molar-refractivity contribution in [2.75, 3.05) is 78.5 Å². The van der Waals surface area contributed by atoms with Gasteiger partial charge in [-0.15, -0.1) is 0 Å². The van der Waals surface area contributed by atoms with Crippen LogP contribution in [0, 0.1) is 0 Å². The Morgan fingerprint density at radius 2 is 0.607 bits per heavy atom. The lowest BCUT2D eigenvalue weighted by atomic mass is 10.0. The van der Waals surface area contributed by atoms with E-state index in [1.54, 1.807) is 0 Å². The highest BCUT2D eigenvalue weighted by Gasteiger charge is 2.20. The lowest BCUT2D eigenvalue weighted by Gasteiger charge is -2.30. The fraction of sp³-hybridized carbons (Fsp3) is 1.00. The van der Waals surface area contributed by atoms with Crippen molar-refractivity contribution in [3.8, 4) is 0 Å². The zero-order valence-corrected chi connectivity index (χ0v) is 18.1. The zero-order valence-electron chi connectivity index (χ0n) is 18.1. The van der Waals surface area contributed by atoms with Crippen molar-refractivity contribution in [3.05, 3.63) is 0 Å². The van der Waals surface area contributed by atoms with E-state index in [1.807, 2.05) is 0 Å². The van der Waals surface area contributed by atoms with Gasteiger partial charge in [0.1, 0.15) is 0 Å². The summed E-state index contributed by atoms with van der Waals surface area (Å²) in [5.41, 5.74) is 0. The molecule has 0 amide bonds. The molecule has 2 aliphatic rings. The van der Waals surface area contributed by atoms with Crippen LogP contribution >= 0.6 is 0 Å². The Hall–Kier alpha value is -0.280. The number of rotatable bonds is 1. The Kier molecular flexibility index (Phi) is 15.1. The highest BCUT2D eigenvalue weighted by molar-refractivity contribution is 4.84. The van der Waals surface area contributed by atoms with E-state index in [9.17, 15) is 0 Å². The first-order valence-electron chi connectivity index (χ1n) is 12.0. The summed E-state index contributed by atoms with van der Waals surface area (Å²) in [5.74, 6) is 0. The van der Waals surface area contributed by atoms with E-state index >= 15 is 0 Å². The van der Waals surface area contributed by atoms with Crippen LogP contribution in [0.5, 0.6) is 0 Å². The Morgan fingerprint density at radius 1 is 0.321 bits per heavy atom. The Labute approximate surface area is 173 Å². The SMILES string of the molecule is C1CNCCCNCCC(C2CCNCCCNCCCN2)NCCCNC1. The van der Waals surface area contributed by atoms with Crippen LogP contribution in [-0.2, 0) is 0 Å². The first-order chi connectivity index (χ1) is 14.0. The van der Waals surface area contributed by atoms with Crippen molar-refractivity contribution in [3.63, 3.8) is 0 Å². The van der Waals surface area contributed by atoms with Gasteiger partial charge in [0, 0.05) is 12.1 Å². The average molecular weight is 398 g/mol. The lowest BCUT2D eigenvalue weighted by molar-refractivity contribution is 0.322. The molecule has 7 nitrogen and oxygen atoms in total. The number of hydrogen-bond donors (Lipinski definition) is 7. The summed E-state index contributed by atoms with van der Waals surface area (Å²) in [7, 11) is 0. The monoisotopic (exact) mass is 397 g/mol. The molecule has 2 fully saturated rings. The summed E-state index contributed by atoms with van der Waals surface area (Å²) < 4.78 is 0. The van der Waals surface area contributed by atoms with Crippen molar-refractivity contribution in [1.82, 2.24) is 37.2 Å². The highest BCUT2D eigenvalue weighted by atomic mass is 15.0. The van der Waals surface area contributed by atoms with Gasteiger partial charge in [-0.25, -0.2) is 0 Å². The van der Waals surface area contributed by atoms with E-state index < -0.39 is 0 Å². The summed E-state index contributed by atoms with van der Waals surface area (Å²) in [4.78, 5) is 0. The van der Waals surface area contributed by atoms with Crippen molar-refractivity contribution in [2.45, 2.75) is 57.0 Å². The first-order valence-corrected chi connectivity index (χ1v) is 12.0. The summed E-state index contributed by atoms with van der Waals surface area (Å²) in [6, 6.07) is 1.08. The molecule has 2 atom stereocenters. The molecule has 2 aliphatic heterocycles. The van der Waals surface area contributed by atoms with E-state index in [-0.39, 0.29) is 0 Å². The molecule has 0 aromatic rings. The molecular weight excluding hydrogens is 350 g/mol. The topological polar surface area (TPSA) is 84.2 Å². The Morgan fingerprint density at radius 3 is 0.964 bits per heavy atom. The maximum absolute atomic E-state index is 3.89. The molecule has 2 heterocycles. The van der Waals surface area contributed by atoms with E-state index in [2.05, 4.69) is 37.2 Å². The van der Waals surface area contributed by atoms with E-state index in [0.29, 0.717) is 12.1 Å². The van der Waals surface area contributed by atoms with Gasteiger partial charge < -0.3 is 37.2 Å². The molecule has 166 valence electrons. The molecule has 7 N–H and O–H groups in total. The van der Waals surface area contributed by atoms with Crippen LogP contribution in [-0.4, -0.2) is 90.6 Å². The second kappa shape index (κ2) is 17.6. The van der Waals surface area contributed by atoms with Crippen molar-refractivity contribution < 1.29 is 0 Å². The Bertz CT molecular complexity index is 315. The zero-order chi connectivity index (χ0) is 19.5. The number of nitrogens with one attached hydrogen (secondary N) is 7. The number of hydrogen-bond acceptors (Lipinski definition) is 7. The van der Waals surface area contributed by atoms with Gasteiger partial charge in [0.2, 0.25) is 0 Å². The predicted octanol–water partition coefficient (Wildman–Crippen LogP) is -0.391. The fourth-order valence-corrected chi connectivity index (χ4v) is 4.05. The molecule has 0 aliphatic carbocycles. The average Bonchev–Trinajstić information content (AvgIpc) is 2.69. The smallest absolute Gasteiger partial charge is 0.0233 e. The largest absolute Gasteiger partial charge is 0.317 e. The molecule has 0 radical (unpaired) electrons. The maximum atomic E-state index is 3.89. The van der Waals surface area contributed by atoms with Crippen LogP contribution < -0.4 is 37.2 Å². The minimum atomic E-state index is 0.538. The minimum Gasteiger partial charge on any atom is -0.317 e. The second-order valence-corrected chi connectivity index (χ2v) is 8.22. The Balaban J connectivity index is 1.81. The molecule has 0 saturated carbocycles. The van der Waals surface area contributed by atoms with Crippen LogP contribution in [0.1, 0.15) is 44.9 Å². The van der Waals surface area contributed by atoms with Gasteiger partial charge in [-0.3, -0.25) is 0 Å². The molecule has 0 aromatic heterocycles. The van der Waals surface area contributed by atoms with Gasteiger partial charge in [-0.1, -0.05) is 0 Å². The van der Waals surface area contributed by atoms with Crippen LogP contribution in [0.2, 0.25) is 0 Å². The third-order valence-corrected chi connectivity index (χ3v) is 5.74. The third-order valence-electron chi connectivity index (χ3n) is 5.74. The van der Waals surface area contributed by atoms with Crippen molar-refractivity contribution in [2.24, 2.45) is 0 Å².